The maximum Gasteiger partial charge on any atom is 0.246 e. The highest BCUT2D eigenvalue weighted by Gasteiger charge is 2.23. The molecule has 0 saturated carbocycles. The molecule has 4 nitrogen and oxygen atoms in total. The van der Waals surface area contributed by atoms with E-state index in [9.17, 15) is 4.79 Å². The maximum absolute atomic E-state index is 12.3. The Morgan fingerprint density at radius 2 is 1.81 bits per heavy atom. The minimum atomic E-state index is -0.114. The zero-order valence-corrected chi connectivity index (χ0v) is 20.1. The average molecular weight is 467 g/mol. The molecule has 0 spiro atoms. The third-order valence-corrected chi connectivity index (χ3v) is 6.76. The Bertz CT molecular complexity index is 1150. The first-order valence-corrected chi connectivity index (χ1v) is 12.0. The van der Waals surface area contributed by atoms with Gasteiger partial charge in [0.25, 0.3) is 0 Å². The minimum absolute atomic E-state index is 0.0739. The highest BCUT2D eigenvalue weighted by molar-refractivity contribution is 7.16. The van der Waals surface area contributed by atoms with Crippen molar-refractivity contribution in [1.29, 1.82) is 0 Å². The minimum Gasteiger partial charge on any atom is -0.496 e. The lowest BCUT2D eigenvalue weighted by Crippen LogP contribution is -2.12. The summed E-state index contributed by atoms with van der Waals surface area (Å²) in [5.74, 6) is 1.23. The molecule has 0 atom stereocenters. The van der Waals surface area contributed by atoms with Crippen LogP contribution in [0.15, 0.2) is 53.5 Å². The van der Waals surface area contributed by atoms with Crippen LogP contribution < -0.4 is 10.1 Å². The number of hydrogen-bond acceptors (Lipinski definition) is 4. The number of carbonyl (C=O) groups excluding carboxylic acids is 1. The number of amides is 1. The molecule has 0 unspecified atom stereocenters. The number of nitrogens with zero attached hydrogens (tertiary/aromatic N) is 1. The first kappa shape index (κ1) is 22.6. The van der Waals surface area contributed by atoms with Gasteiger partial charge >= 0.3 is 0 Å². The van der Waals surface area contributed by atoms with Crippen molar-refractivity contribution in [3.05, 3.63) is 80.7 Å². The Balaban J connectivity index is 1.58. The van der Waals surface area contributed by atoms with E-state index in [0.29, 0.717) is 16.7 Å². The zero-order chi connectivity index (χ0) is 22.7. The van der Waals surface area contributed by atoms with Crippen LogP contribution in [0.3, 0.4) is 0 Å². The Morgan fingerprint density at radius 1 is 1.06 bits per heavy atom. The third kappa shape index (κ3) is 5.22. The van der Waals surface area contributed by atoms with Crippen LogP contribution >= 0.6 is 22.9 Å². The van der Waals surface area contributed by atoms with Crippen molar-refractivity contribution < 1.29 is 9.53 Å². The van der Waals surface area contributed by atoms with Crippen molar-refractivity contribution in [1.82, 2.24) is 0 Å². The molecule has 4 rings (SSSR count). The van der Waals surface area contributed by atoms with Crippen LogP contribution in [0.5, 0.6) is 5.75 Å². The first-order valence-electron chi connectivity index (χ1n) is 10.8. The molecule has 1 aliphatic rings. The first-order chi connectivity index (χ1) is 15.4. The molecule has 3 aromatic rings. The second-order valence-corrected chi connectivity index (χ2v) is 10.0. The van der Waals surface area contributed by atoms with E-state index < -0.39 is 0 Å². The van der Waals surface area contributed by atoms with Gasteiger partial charge in [0.1, 0.15) is 17.3 Å². The Kier molecular flexibility index (Phi) is 6.97. The number of benzene rings is 2. The van der Waals surface area contributed by atoms with Gasteiger partial charge < -0.3 is 10.1 Å². The molecule has 0 bridgehead atoms. The molecule has 32 heavy (non-hydrogen) atoms. The second-order valence-electron chi connectivity index (χ2n) is 8.43. The highest BCUT2D eigenvalue weighted by atomic mass is 35.5. The molecule has 1 amide bonds. The Hall–Kier alpha value is -2.63. The number of rotatable bonds is 7. The van der Waals surface area contributed by atoms with Crippen LogP contribution in [0, 0.1) is 5.92 Å². The molecule has 0 radical (unpaired) electrons. The number of aliphatic imine (C=N–C) groups is 1. The van der Waals surface area contributed by atoms with Gasteiger partial charge in [0.2, 0.25) is 5.91 Å². The lowest BCUT2D eigenvalue weighted by molar-refractivity contribution is -0.114. The summed E-state index contributed by atoms with van der Waals surface area (Å²) in [5, 5.41) is 4.44. The molecule has 0 fully saturated rings. The number of halogens is 1. The lowest BCUT2D eigenvalue weighted by atomic mass is 10.00. The summed E-state index contributed by atoms with van der Waals surface area (Å²) in [4.78, 5) is 18.1. The van der Waals surface area contributed by atoms with E-state index >= 15 is 0 Å². The van der Waals surface area contributed by atoms with Crippen molar-refractivity contribution in [2.45, 2.75) is 33.1 Å². The Labute approximate surface area is 198 Å². The van der Waals surface area contributed by atoms with Gasteiger partial charge in [-0.05, 0) is 60.6 Å². The molecule has 1 N–H and O–H groups in total. The fourth-order valence-corrected chi connectivity index (χ4v) is 5.16. The van der Waals surface area contributed by atoms with Gasteiger partial charge in [0.05, 0.1) is 12.8 Å². The number of carbonyl (C=O) groups is 1. The zero-order valence-electron chi connectivity index (χ0n) is 18.6. The summed E-state index contributed by atoms with van der Waals surface area (Å²) in [5.41, 5.74) is 5.14. The second kappa shape index (κ2) is 9.88. The summed E-state index contributed by atoms with van der Waals surface area (Å²) in [7, 11) is 1.62. The SMILES string of the molecule is COc1ccc(Cl)cc1C1=NCC(=O)Nc2sc(CCc3ccc(CC(C)C)cc3)cc21. The van der Waals surface area contributed by atoms with Gasteiger partial charge in [-0.25, -0.2) is 0 Å². The molecule has 2 aromatic carbocycles. The molecule has 6 heteroatoms. The molecule has 166 valence electrons. The van der Waals surface area contributed by atoms with Gasteiger partial charge in [-0.15, -0.1) is 11.3 Å². The van der Waals surface area contributed by atoms with E-state index in [1.54, 1.807) is 24.5 Å². The fourth-order valence-electron chi connectivity index (χ4n) is 3.91. The van der Waals surface area contributed by atoms with E-state index in [4.69, 9.17) is 16.3 Å². The van der Waals surface area contributed by atoms with E-state index in [1.165, 1.54) is 16.0 Å². The molecular weight excluding hydrogens is 440 g/mol. The predicted octanol–water partition coefficient (Wildman–Crippen LogP) is 6.18. The Morgan fingerprint density at radius 3 is 2.53 bits per heavy atom. The topological polar surface area (TPSA) is 50.7 Å². The summed E-state index contributed by atoms with van der Waals surface area (Å²) in [6.45, 7) is 4.55. The number of hydrogen-bond donors (Lipinski definition) is 1. The van der Waals surface area contributed by atoms with Crippen LogP contribution in [0.4, 0.5) is 5.00 Å². The standard InChI is InChI=1S/C26H27ClN2O2S/c1-16(2)12-18-6-4-17(5-7-18)8-10-20-14-22-25(28-15-24(30)29-26(22)32-20)21-13-19(27)9-11-23(21)31-3/h4-7,9,11,13-14,16H,8,10,12,15H2,1-3H3,(H,29,30). The van der Waals surface area contributed by atoms with Crippen LogP contribution in [0.2, 0.25) is 5.02 Å². The van der Waals surface area contributed by atoms with Crippen LogP contribution in [0.25, 0.3) is 0 Å². The number of methoxy groups -OCH3 is 1. The summed E-state index contributed by atoms with van der Waals surface area (Å²) < 4.78 is 5.54. The van der Waals surface area contributed by atoms with Crippen LogP contribution in [-0.2, 0) is 24.1 Å². The molecule has 1 aliphatic heterocycles. The van der Waals surface area contributed by atoms with E-state index in [0.717, 1.165) is 41.1 Å². The fraction of sp³-hybridized carbons (Fsp3) is 0.308. The smallest absolute Gasteiger partial charge is 0.246 e. The number of anilines is 1. The van der Waals surface area contributed by atoms with Gasteiger partial charge in [0, 0.05) is 21.0 Å². The predicted molar refractivity (Wildman–Crippen MR) is 134 cm³/mol. The van der Waals surface area contributed by atoms with Crippen LogP contribution in [-0.4, -0.2) is 25.3 Å². The molecule has 0 saturated heterocycles. The van der Waals surface area contributed by atoms with E-state index in [-0.39, 0.29) is 12.5 Å². The number of nitrogens with one attached hydrogen (secondary N) is 1. The normalized spacial score (nSPS) is 13.4. The molecule has 2 heterocycles. The van der Waals surface area contributed by atoms with Crippen molar-refractivity contribution in [3.8, 4) is 5.75 Å². The molecular formula is C26H27ClN2O2S. The summed E-state index contributed by atoms with van der Waals surface area (Å²) >= 11 is 7.87. The number of thiophene rings is 1. The van der Waals surface area contributed by atoms with Gasteiger partial charge in [-0.1, -0.05) is 49.7 Å². The lowest BCUT2D eigenvalue weighted by Gasteiger charge is -2.11. The number of ether oxygens (including phenoxy) is 1. The van der Waals surface area contributed by atoms with Crippen molar-refractivity contribution in [2.24, 2.45) is 10.9 Å². The molecule has 1 aromatic heterocycles. The van der Waals surface area contributed by atoms with E-state index in [2.05, 4.69) is 54.5 Å². The quantitative estimate of drug-likeness (QED) is 0.451. The van der Waals surface area contributed by atoms with E-state index in [1.807, 2.05) is 12.1 Å². The summed E-state index contributed by atoms with van der Waals surface area (Å²) in [6, 6.07) is 16.5. The summed E-state index contributed by atoms with van der Waals surface area (Å²) in [6.07, 6.45) is 2.95. The average Bonchev–Trinajstić information content (AvgIpc) is 3.08. The van der Waals surface area contributed by atoms with Gasteiger partial charge in [0.15, 0.2) is 0 Å². The van der Waals surface area contributed by atoms with Crippen LogP contribution in [0.1, 0.15) is 41.0 Å². The van der Waals surface area contributed by atoms with Crippen molar-refractivity contribution >= 4 is 39.6 Å². The number of fused-ring (bicyclic) bond motifs is 1. The number of aryl methyl sites for hydroxylation is 2. The highest BCUT2D eigenvalue weighted by Crippen LogP contribution is 2.35. The van der Waals surface area contributed by atoms with Crippen molar-refractivity contribution in [2.75, 3.05) is 19.0 Å². The monoisotopic (exact) mass is 466 g/mol. The van der Waals surface area contributed by atoms with Gasteiger partial charge in [-0.2, -0.15) is 0 Å². The van der Waals surface area contributed by atoms with Crippen molar-refractivity contribution in [3.63, 3.8) is 0 Å². The maximum atomic E-state index is 12.3. The largest absolute Gasteiger partial charge is 0.496 e. The third-order valence-electron chi connectivity index (χ3n) is 5.42. The van der Waals surface area contributed by atoms with Gasteiger partial charge in [-0.3, -0.25) is 9.79 Å². The molecule has 0 aliphatic carbocycles.